The standard InChI is InChI=1S/C20H24N2O4/c1-3-21-19(23)15-9-11-16(12-10-15)22-20(24)17-7-5-6-8-18(17)26-14-13-25-4-2/h5-12H,3-4,13-14H2,1-2H3,(H,21,23)(H,22,24). The van der Waals surface area contributed by atoms with Gasteiger partial charge in [0.05, 0.1) is 12.2 Å². The van der Waals surface area contributed by atoms with Gasteiger partial charge in [0.15, 0.2) is 0 Å². The number of nitrogens with one attached hydrogen (secondary N) is 2. The number of hydrogen-bond acceptors (Lipinski definition) is 4. The van der Waals surface area contributed by atoms with Gasteiger partial charge in [-0.25, -0.2) is 0 Å². The van der Waals surface area contributed by atoms with Crippen molar-refractivity contribution in [2.45, 2.75) is 13.8 Å². The number of rotatable bonds is 9. The summed E-state index contributed by atoms with van der Waals surface area (Å²) in [5, 5.41) is 5.55. The third-order valence-corrected chi connectivity index (χ3v) is 3.56. The van der Waals surface area contributed by atoms with Crippen molar-refractivity contribution < 1.29 is 19.1 Å². The maximum absolute atomic E-state index is 12.5. The molecule has 0 aliphatic heterocycles. The number of para-hydroxylation sites is 1. The summed E-state index contributed by atoms with van der Waals surface area (Å²) in [5.74, 6) is 0.0878. The molecule has 0 spiro atoms. The first-order chi connectivity index (χ1) is 12.7. The van der Waals surface area contributed by atoms with Crippen molar-refractivity contribution in [1.82, 2.24) is 5.32 Å². The molecule has 2 rings (SSSR count). The van der Waals surface area contributed by atoms with E-state index in [9.17, 15) is 9.59 Å². The lowest BCUT2D eigenvalue weighted by atomic mass is 10.1. The molecular formula is C20H24N2O4. The van der Waals surface area contributed by atoms with Crippen LogP contribution in [0.3, 0.4) is 0 Å². The molecule has 0 saturated carbocycles. The molecule has 0 aliphatic carbocycles. The third-order valence-electron chi connectivity index (χ3n) is 3.56. The predicted octanol–water partition coefficient (Wildman–Crippen LogP) is 3.10. The van der Waals surface area contributed by atoms with Crippen molar-refractivity contribution in [1.29, 1.82) is 0 Å². The molecule has 0 aliphatic rings. The zero-order valence-corrected chi connectivity index (χ0v) is 15.1. The largest absolute Gasteiger partial charge is 0.490 e. The van der Waals surface area contributed by atoms with Gasteiger partial charge in [0.1, 0.15) is 12.4 Å². The van der Waals surface area contributed by atoms with Crippen molar-refractivity contribution in [3.8, 4) is 5.75 Å². The number of anilines is 1. The van der Waals surface area contributed by atoms with Crippen LogP contribution < -0.4 is 15.4 Å². The summed E-state index contributed by atoms with van der Waals surface area (Å²) in [4.78, 5) is 24.3. The first-order valence-electron chi connectivity index (χ1n) is 8.64. The van der Waals surface area contributed by atoms with E-state index < -0.39 is 0 Å². The van der Waals surface area contributed by atoms with E-state index in [1.807, 2.05) is 19.9 Å². The molecule has 0 unspecified atom stereocenters. The Hall–Kier alpha value is -2.86. The fourth-order valence-electron chi connectivity index (χ4n) is 2.30. The molecule has 0 radical (unpaired) electrons. The summed E-state index contributed by atoms with van der Waals surface area (Å²) < 4.78 is 10.9. The molecule has 0 heterocycles. The molecule has 26 heavy (non-hydrogen) atoms. The predicted molar refractivity (Wildman–Crippen MR) is 101 cm³/mol. The average Bonchev–Trinajstić information content (AvgIpc) is 2.66. The van der Waals surface area contributed by atoms with E-state index in [-0.39, 0.29) is 11.8 Å². The van der Waals surface area contributed by atoms with Gasteiger partial charge in [-0.1, -0.05) is 12.1 Å². The molecule has 2 amide bonds. The van der Waals surface area contributed by atoms with Crippen molar-refractivity contribution in [2.24, 2.45) is 0 Å². The Kier molecular flexibility index (Phi) is 7.64. The van der Waals surface area contributed by atoms with Crippen molar-refractivity contribution in [3.05, 3.63) is 59.7 Å². The Bertz CT molecular complexity index is 729. The summed E-state index contributed by atoms with van der Waals surface area (Å²) in [6, 6.07) is 13.8. The van der Waals surface area contributed by atoms with Crippen LogP contribution in [-0.4, -0.2) is 38.2 Å². The zero-order valence-electron chi connectivity index (χ0n) is 15.1. The van der Waals surface area contributed by atoms with Crippen LogP contribution in [0.4, 0.5) is 5.69 Å². The minimum atomic E-state index is -0.275. The highest BCUT2D eigenvalue weighted by atomic mass is 16.5. The van der Waals surface area contributed by atoms with Gasteiger partial charge in [-0.3, -0.25) is 9.59 Å². The smallest absolute Gasteiger partial charge is 0.259 e. The number of hydrogen-bond donors (Lipinski definition) is 2. The van der Waals surface area contributed by atoms with Gasteiger partial charge in [-0.2, -0.15) is 0 Å². The molecule has 6 heteroatoms. The Morgan fingerprint density at radius 2 is 1.65 bits per heavy atom. The Labute approximate surface area is 153 Å². The van der Waals surface area contributed by atoms with Crippen molar-refractivity contribution in [2.75, 3.05) is 31.7 Å². The zero-order chi connectivity index (χ0) is 18.8. The summed E-state index contributed by atoms with van der Waals surface area (Å²) in [6.45, 7) is 5.81. The number of ether oxygens (including phenoxy) is 2. The second-order valence-electron chi connectivity index (χ2n) is 5.43. The van der Waals surface area contributed by atoms with E-state index in [0.29, 0.717) is 48.9 Å². The molecule has 0 atom stereocenters. The lowest BCUT2D eigenvalue weighted by molar-refractivity contribution is 0.0955. The SMILES string of the molecule is CCNC(=O)c1ccc(NC(=O)c2ccccc2OCCOCC)cc1. The monoisotopic (exact) mass is 356 g/mol. The molecule has 2 aromatic carbocycles. The van der Waals surface area contributed by atoms with E-state index in [4.69, 9.17) is 9.47 Å². The van der Waals surface area contributed by atoms with Crippen LogP contribution in [0.5, 0.6) is 5.75 Å². The average molecular weight is 356 g/mol. The molecule has 0 bridgehead atoms. The van der Waals surface area contributed by atoms with Gasteiger partial charge < -0.3 is 20.1 Å². The Morgan fingerprint density at radius 1 is 0.923 bits per heavy atom. The van der Waals surface area contributed by atoms with E-state index in [1.165, 1.54) is 0 Å². The number of amides is 2. The summed E-state index contributed by atoms with van der Waals surface area (Å²) >= 11 is 0. The van der Waals surface area contributed by atoms with Gasteiger partial charge in [0.25, 0.3) is 11.8 Å². The van der Waals surface area contributed by atoms with Crippen LogP contribution in [0.1, 0.15) is 34.6 Å². The highest BCUT2D eigenvalue weighted by molar-refractivity contribution is 6.06. The van der Waals surface area contributed by atoms with E-state index >= 15 is 0 Å². The lowest BCUT2D eigenvalue weighted by Crippen LogP contribution is -2.22. The number of carbonyl (C=O) groups excluding carboxylic acids is 2. The number of carbonyl (C=O) groups is 2. The van der Waals surface area contributed by atoms with Gasteiger partial charge in [0.2, 0.25) is 0 Å². The summed E-state index contributed by atoms with van der Waals surface area (Å²) in [5.41, 5.74) is 1.59. The summed E-state index contributed by atoms with van der Waals surface area (Å²) in [7, 11) is 0. The maximum atomic E-state index is 12.5. The second-order valence-corrected chi connectivity index (χ2v) is 5.43. The van der Waals surface area contributed by atoms with Gasteiger partial charge in [-0.15, -0.1) is 0 Å². The molecule has 2 aromatic rings. The minimum Gasteiger partial charge on any atom is -0.490 e. The molecular weight excluding hydrogens is 332 g/mol. The fourth-order valence-corrected chi connectivity index (χ4v) is 2.30. The summed E-state index contributed by atoms with van der Waals surface area (Å²) in [6.07, 6.45) is 0. The van der Waals surface area contributed by atoms with Gasteiger partial charge >= 0.3 is 0 Å². The van der Waals surface area contributed by atoms with Gasteiger partial charge in [-0.05, 0) is 50.2 Å². The van der Waals surface area contributed by atoms with Crippen LogP contribution in [0, 0.1) is 0 Å². The fraction of sp³-hybridized carbons (Fsp3) is 0.300. The molecule has 0 saturated heterocycles. The normalized spacial score (nSPS) is 10.2. The molecule has 2 N–H and O–H groups in total. The van der Waals surface area contributed by atoms with Crippen LogP contribution in [0.2, 0.25) is 0 Å². The minimum absolute atomic E-state index is 0.140. The second kappa shape index (κ2) is 10.2. The van der Waals surface area contributed by atoms with Crippen LogP contribution in [0.15, 0.2) is 48.5 Å². The Morgan fingerprint density at radius 3 is 2.35 bits per heavy atom. The molecule has 6 nitrogen and oxygen atoms in total. The highest BCUT2D eigenvalue weighted by Gasteiger charge is 2.13. The van der Waals surface area contributed by atoms with Crippen molar-refractivity contribution >= 4 is 17.5 Å². The van der Waals surface area contributed by atoms with Crippen molar-refractivity contribution in [3.63, 3.8) is 0 Å². The topological polar surface area (TPSA) is 76.7 Å². The third kappa shape index (κ3) is 5.60. The van der Waals surface area contributed by atoms with E-state index in [1.54, 1.807) is 42.5 Å². The van der Waals surface area contributed by atoms with Gasteiger partial charge in [0, 0.05) is 24.4 Å². The first kappa shape index (κ1) is 19.5. The van der Waals surface area contributed by atoms with Crippen LogP contribution >= 0.6 is 0 Å². The van der Waals surface area contributed by atoms with E-state index in [0.717, 1.165) is 0 Å². The number of benzene rings is 2. The molecule has 0 aromatic heterocycles. The van der Waals surface area contributed by atoms with E-state index in [2.05, 4.69) is 10.6 Å². The molecule has 0 fully saturated rings. The van der Waals surface area contributed by atoms with Crippen LogP contribution in [0.25, 0.3) is 0 Å². The molecule has 138 valence electrons. The Balaban J connectivity index is 2.02. The highest BCUT2D eigenvalue weighted by Crippen LogP contribution is 2.20. The lowest BCUT2D eigenvalue weighted by Gasteiger charge is -2.12. The maximum Gasteiger partial charge on any atom is 0.259 e. The first-order valence-corrected chi connectivity index (χ1v) is 8.64. The van der Waals surface area contributed by atoms with Crippen LogP contribution in [-0.2, 0) is 4.74 Å². The quantitative estimate of drug-likeness (QED) is 0.677.